The zero-order chi connectivity index (χ0) is 18.5. The zero-order valence-electron chi connectivity index (χ0n) is 15.0. The van der Waals surface area contributed by atoms with Crippen LogP contribution in [0.4, 0.5) is 5.69 Å². The summed E-state index contributed by atoms with van der Waals surface area (Å²) in [4.78, 5) is 25.4. The molecule has 0 bridgehead atoms. The minimum Gasteiger partial charge on any atom is -0.490 e. The average molecular weight is 363 g/mol. The maximum Gasteiger partial charge on any atom is 0.310 e. The molecule has 2 aliphatic rings. The molecule has 0 radical (unpaired) electrons. The molecular formula is C18H25N3O5. The van der Waals surface area contributed by atoms with E-state index in [4.69, 9.17) is 9.47 Å². The van der Waals surface area contributed by atoms with E-state index in [1.807, 2.05) is 0 Å². The van der Waals surface area contributed by atoms with E-state index < -0.39 is 4.92 Å². The summed E-state index contributed by atoms with van der Waals surface area (Å²) in [5.41, 5.74) is 0.234. The van der Waals surface area contributed by atoms with Gasteiger partial charge in [0, 0.05) is 42.9 Å². The molecule has 26 heavy (non-hydrogen) atoms. The Morgan fingerprint density at radius 2 is 1.96 bits per heavy atom. The van der Waals surface area contributed by atoms with Gasteiger partial charge in [0.25, 0.3) is 5.91 Å². The number of carbonyl (C=O) groups excluding carboxylic acids is 1. The third-order valence-corrected chi connectivity index (χ3v) is 5.23. The number of methoxy groups -OCH3 is 1. The molecule has 1 N–H and O–H groups in total. The minimum atomic E-state index is -0.520. The van der Waals surface area contributed by atoms with Gasteiger partial charge in [0.1, 0.15) is 0 Å². The summed E-state index contributed by atoms with van der Waals surface area (Å²) in [6.45, 7) is 3.59. The van der Waals surface area contributed by atoms with Crippen LogP contribution < -0.4 is 10.1 Å². The maximum absolute atomic E-state index is 12.5. The highest BCUT2D eigenvalue weighted by molar-refractivity contribution is 5.95. The summed E-state index contributed by atoms with van der Waals surface area (Å²) < 4.78 is 10.4. The van der Waals surface area contributed by atoms with E-state index in [1.54, 1.807) is 0 Å². The molecule has 0 aromatic heterocycles. The number of nitro groups is 1. The first-order valence-electron chi connectivity index (χ1n) is 9.03. The summed E-state index contributed by atoms with van der Waals surface area (Å²) in [6.07, 6.45) is 4.01. The lowest BCUT2D eigenvalue weighted by atomic mass is 9.89. The van der Waals surface area contributed by atoms with E-state index in [-0.39, 0.29) is 23.4 Å². The number of benzene rings is 1. The van der Waals surface area contributed by atoms with Crippen LogP contribution in [-0.2, 0) is 4.74 Å². The number of ether oxygens (including phenoxy) is 2. The van der Waals surface area contributed by atoms with Gasteiger partial charge in [0.05, 0.1) is 25.2 Å². The Kier molecular flexibility index (Phi) is 6.05. The molecule has 3 rings (SSSR count). The van der Waals surface area contributed by atoms with Crippen molar-refractivity contribution in [3.05, 3.63) is 33.9 Å². The van der Waals surface area contributed by atoms with Gasteiger partial charge >= 0.3 is 5.69 Å². The van der Waals surface area contributed by atoms with Gasteiger partial charge in [-0.2, -0.15) is 0 Å². The normalized spacial score (nSPS) is 24.0. The molecule has 0 spiro atoms. The van der Waals surface area contributed by atoms with Crippen LogP contribution in [0.15, 0.2) is 18.2 Å². The SMILES string of the molecule is COc1cc(C(=O)N[C@H]2CC[C@H](N3CCOCC3)CC2)ccc1[N+](=O)[O-]. The van der Waals surface area contributed by atoms with Gasteiger partial charge in [-0.1, -0.05) is 0 Å². The number of hydrogen-bond acceptors (Lipinski definition) is 6. The maximum atomic E-state index is 12.5. The molecule has 2 fully saturated rings. The Hall–Kier alpha value is -2.19. The number of nitrogens with zero attached hydrogens (tertiary/aromatic N) is 2. The Morgan fingerprint density at radius 1 is 1.27 bits per heavy atom. The first-order chi connectivity index (χ1) is 12.6. The van der Waals surface area contributed by atoms with Crippen molar-refractivity contribution >= 4 is 11.6 Å². The van der Waals surface area contributed by atoms with Gasteiger partial charge in [0.2, 0.25) is 0 Å². The van der Waals surface area contributed by atoms with Crippen LogP contribution in [0.1, 0.15) is 36.0 Å². The fraction of sp³-hybridized carbons (Fsp3) is 0.611. The van der Waals surface area contributed by atoms with Crippen LogP contribution in [0, 0.1) is 10.1 Å². The van der Waals surface area contributed by atoms with Crippen molar-refractivity contribution < 1.29 is 19.2 Å². The topological polar surface area (TPSA) is 93.9 Å². The van der Waals surface area contributed by atoms with Gasteiger partial charge in [-0.15, -0.1) is 0 Å². The summed E-state index contributed by atoms with van der Waals surface area (Å²) in [7, 11) is 1.36. The summed E-state index contributed by atoms with van der Waals surface area (Å²) >= 11 is 0. The second-order valence-corrected chi connectivity index (χ2v) is 6.77. The lowest BCUT2D eigenvalue weighted by Crippen LogP contribution is -2.47. The molecule has 8 heteroatoms. The van der Waals surface area contributed by atoms with E-state index in [2.05, 4.69) is 10.2 Å². The molecule has 0 unspecified atom stereocenters. The van der Waals surface area contributed by atoms with Crippen LogP contribution >= 0.6 is 0 Å². The summed E-state index contributed by atoms with van der Waals surface area (Å²) in [5.74, 6) is -0.119. The highest BCUT2D eigenvalue weighted by Gasteiger charge is 2.28. The van der Waals surface area contributed by atoms with E-state index in [0.717, 1.165) is 52.0 Å². The summed E-state index contributed by atoms with van der Waals surface area (Å²) in [5, 5.41) is 14.0. The van der Waals surface area contributed by atoms with Crippen molar-refractivity contribution in [3.63, 3.8) is 0 Å². The number of carbonyl (C=O) groups is 1. The Labute approximate surface area is 152 Å². The molecule has 1 aromatic carbocycles. The standard InChI is InChI=1S/C18H25N3O5/c1-25-17-12-13(2-7-16(17)21(23)24)18(22)19-14-3-5-15(6-4-14)20-8-10-26-11-9-20/h2,7,12,14-15H,3-6,8-11H2,1H3,(H,19,22)/t14-,15-. The van der Waals surface area contributed by atoms with Gasteiger partial charge < -0.3 is 14.8 Å². The number of amides is 1. The first kappa shape index (κ1) is 18.6. The second-order valence-electron chi connectivity index (χ2n) is 6.77. The predicted molar refractivity (Wildman–Crippen MR) is 95.6 cm³/mol. The van der Waals surface area contributed by atoms with Crippen LogP contribution in [0.2, 0.25) is 0 Å². The van der Waals surface area contributed by atoms with Gasteiger partial charge in [-0.25, -0.2) is 0 Å². The van der Waals surface area contributed by atoms with E-state index in [1.165, 1.54) is 25.3 Å². The molecule has 142 valence electrons. The molecule has 1 amide bonds. The monoisotopic (exact) mass is 363 g/mol. The smallest absolute Gasteiger partial charge is 0.310 e. The molecule has 1 aliphatic heterocycles. The Morgan fingerprint density at radius 3 is 2.58 bits per heavy atom. The molecular weight excluding hydrogens is 338 g/mol. The highest BCUT2D eigenvalue weighted by Crippen LogP contribution is 2.28. The molecule has 1 aromatic rings. The minimum absolute atomic E-state index is 0.0960. The number of nitrogens with one attached hydrogen (secondary N) is 1. The third kappa shape index (κ3) is 4.31. The van der Waals surface area contributed by atoms with Crippen LogP contribution in [0.25, 0.3) is 0 Å². The van der Waals surface area contributed by atoms with Crippen molar-refractivity contribution in [1.29, 1.82) is 0 Å². The van der Waals surface area contributed by atoms with Crippen LogP contribution in [0.3, 0.4) is 0 Å². The quantitative estimate of drug-likeness (QED) is 0.635. The van der Waals surface area contributed by atoms with Crippen molar-refractivity contribution in [2.75, 3.05) is 33.4 Å². The number of morpholine rings is 1. The number of rotatable bonds is 5. The Balaban J connectivity index is 1.55. The summed E-state index contributed by atoms with van der Waals surface area (Å²) in [6, 6.07) is 4.91. The molecule has 1 saturated carbocycles. The lowest BCUT2D eigenvalue weighted by Gasteiger charge is -2.38. The van der Waals surface area contributed by atoms with Crippen LogP contribution in [-0.4, -0.2) is 61.2 Å². The van der Waals surface area contributed by atoms with E-state index in [0.29, 0.717) is 11.6 Å². The third-order valence-electron chi connectivity index (χ3n) is 5.23. The highest BCUT2D eigenvalue weighted by atomic mass is 16.6. The van der Waals surface area contributed by atoms with Crippen molar-refractivity contribution in [2.45, 2.75) is 37.8 Å². The number of nitro benzene ring substituents is 1. The molecule has 1 heterocycles. The molecule has 8 nitrogen and oxygen atoms in total. The molecule has 1 saturated heterocycles. The molecule has 1 aliphatic carbocycles. The van der Waals surface area contributed by atoms with Crippen LogP contribution in [0.5, 0.6) is 5.75 Å². The zero-order valence-corrected chi connectivity index (χ0v) is 15.0. The fourth-order valence-corrected chi connectivity index (χ4v) is 3.77. The fourth-order valence-electron chi connectivity index (χ4n) is 3.77. The van der Waals surface area contributed by atoms with Crippen molar-refractivity contribution in [2.24, 2.45) is 0 Å². The second kappa shape index (κ2) is 8.46. The first-order valence-corrected chi connectivity index (χ1v) is 9.03. The largest absolute Gasteiger partial charge is 0.490 e. The molecule has 0 atom stereocenters. The van der Waals surface area contributed by atoms with Crippen molar-refractivity contribution in [3.8, 4) is 5.75 Å². The average Bonchev–Trinajstić information content (AvgIpc) is 2.68. The van der Waals surface area contributed by atoms with Gasteiger partial charge in [-0.05, 0) is 31.7 Å². The predicted octanol–water partition coefficient (Wildman–Crippen LogP) is 1.98. The van der Waals surface area contributed by atoms with E-state index in [9.17, 15) is 14.9 Å². The van der Waals surface area contributed by atoms with Gasteiger partial charge in [0.15, 0.2) is 5.75 Å². The van der Waals surface area contributed by atoms with Gasteiger partial charge in [-0.3, -0.25) is 19.8 Å². The van der Waals surface area contributed by atoms with E-state index >= 15 is 0 Å². The lowest BCUT2D eigenvalue weighted by molar-refractivity contribution is -0.385. The Bertz CT molecular complexity index is 652. The number of hydrogen-bond donors (Lipinski definition) is 1. The van der Waals surface area contributed by atoms with Crippen molar-refractivity contribution in [1.82, 2.24) is 10.2 Å².